The molecule has 0 radical (unpaired) electrons. The van der Waals surface area contributed by atoms with Crippen LogP contribution >= 0.6 is 0 Å². The Morgan fingerprint density at radius 3 is 2.07 bits per heavy atom. The fourth-order valence-corrected chi connectivity index (χ4v) is 2.44. The Morgan fingerprint density at radius 2 is 1.50 bits per heavy atom. The number of rotatable bonds is 7. The molecule has 0 spiro atoms. The van der Waals surface area contributed by atoms with Gasteiger partial charge in [0.1, 0.15) is 0 Å². The third-order valence-corrected chi connectivity index (χ3v) is 4.65. The highest BCUT2D eigenvalue weighted by atomic mass is 16.5. The molecule has 154 valence electrons. The monoisotopic (exact) mass is 398 g/mol. The molecule has 0 N–H and O–H groups in total. The van der Waals surface area contributed by atoms with Crippen molar-refractivity contribution in [3.05, 3.63) is 76.9 Å². The molecule has 1 atom stereocenters. The minimum absolute atomic E-state index is 0.308. The predicted molar refractivity (Wildman–Crippen MR) is 125 cm³/mol. The van der Waals surface area contributed by atoms with Crippen LogP contribution in [0.2, 0.25) is 0 Å². The van der Waals surface area contributed by atoms with Crippen LogP contribution in [0.5, 0.6) is 0 Å². The van der Waals surface area contributed by atoms with E-state index in [9.17, 15) is 4.79 Å². The standard InChI is InChI=1S/C28H30O2/c1-4-6-7-8-9-24-10-12-25(13-11-24)14-15-26-16-18-27(19-17-26)20-21-28(29)30-22-23(3)5-2/h10-13,16-21,23H,4-7,22H2,1-3H3. The Kier molecular flexibility index (Phi) is 10.0. The smallest absolute Gasteiger partial charge is 0.330 e. The van der Waals surface area contributed by atoms with Crippen molar-refractivity contribution >= 4 is 12.0 Å². The van der Waals surface area contributed by atoms with Crippen molar-refractivity contribution in [3.63, 3.8) is 0 Å². The Labute approximate surface area is 181 Å². The van der Waals surface area contributed by atoms with Gasteiger partial charge >= 0.3 is 5.97 Å². The van der Waals surface area contributed by atoms with Crippen molar-refractivity contribution in [3.8, 4) is 23.7 Å². The Morgan fingerprint density at radius 1 is 0.933 bits per heavy atom. The second kappa shape index (κ2) is 13.1. The number of esters is 1. The molecule has 0 aliphatic heterocycles. The lowest BCUT2D eigenvalue weighted by molar-refractivity contribution is -0.138. The van der Waals surface area contributed by atoms with Gasteiger partial charge in [-0.25, -0.2) is 4.79 Å². The maximum Gasteiger partial charge on any atom is 0.330 e. The predicted octanol–water partition coefficient (Wildman–Crippen LogP) is 6.23. The van der Waals surface area contributed by atoms with E-state index in [1.807, 2.05) is 48.5 Å². The number of carbonyl (C=O) groups excluding carboxylic acids is 1. The number of benzene rings is 2. The molecule has 0 saturated heterocycles. The van der Waals surface area contributed by atoms with Crippen molar-refractivity contribution in [2.24, 2.45) is 5.92 Å². The molecule has 0 bridgehead atoms. The van der Waals surface area contributed by atoms with Crippen LogP contribution in [-0.4, -0.2) is 12.6 Å². The van der Waals surface area contributed by atoms with Crippen LogP contribution in [-0.2, 0) is 9.53 Å². The molecule has 0 aromatic heterocycles. The average molecular weight is 399 g/mol. The van der Waals surface area contributed by atoms with Gasteiger partial charge in [-0.15, -0.1) is 0 Å². The molecule has 2 heteroatoms. The molecule has 0 heterocycles. The Bertz CT molecular complexity index is 942. The highest BCUT2D eigenvalue weighted by molar-refractivity contribution is 5.87. The fraction of sp³-hybridized carbons (Fsp3) is 0.321. The summed E-state index contributed by atoms with van der Waals surface area (Å²) in [5, 5.41) is 0. The molecule has 2 aromatic rings. The van der Waals surface area contributed by atoms with Crippen LogP contribution in [0.25, 0.3) is 6.08 Å². The van der Waals surface area contributed by atoms with Gasteiger partial charge in [0.25, 0.3) is 0 Å². The summed E-state index contributed by atoms with van der Waals surface area (Å²) in [7, 11) is 0. The Hall–Kier alpha value is -3.23. The molecule has 2 rings (SSSR count). The maximum absolute atomic E-state index is 11.7. The SMILES string of the molecule is CCCCC#Cc1ccc(C#Cc2ccc(C=CC(=O)OCC(C)CC)cc2)cc1. The summed E-state index contributed by atoms with van der Waals surface area (Å²) in [6, 6.07) is 15.8. The molecule has 0 aliphatic rings. The van der Waals surface area contributed by atoms with E-state index in [-0.39, 0.29) is 5.97 Å². The number of carbonyl (C=O) groups is 1. The van der Waals surface area contributed by atoms with Gasteiger partial charge in [-0.1, -0.05) is 69.4 Å². The van der Waals surface area contributed by atoms with E-state index < -0.39 is 0 Å². The van der Waals surface area contributed by atoms with E-state index in [1.54, 1.807) is 6.08 Å². The zero-order chi connectivity index (χ0) is 21.6. The zero-order valence-electron chi connectivity index (χ0n) is 18.2. The molecular formula is C28H30O2. The molecular weight excluding hydrogens is 368 g/mol. The van der Waals surface area contributed by atoms with Crippen molar-refractivity contribution in [2.45, 2.75) is 46.5 Å². The summed E-state index contributed by atoms with van der Waals surface area (Å²) in [6.07, 6.45) is 7.49. The molecule has 1 unspecified atom stereocenters. The quantitative estimate of drug-likeness (QED) is 0.239. The molecule has 0 amide bonds. The van der Waals surface area contributed by atoms with Gasteiger partial charge in [0, 0.05) is 29.2 Å². The highest BCUT2D eigenvalue weighted by Gasteiger charge is 2.02. The van der Waals surface area contributed by atoms with Crippen LogP contribution in [0.1, 0.15) is 68.7 Å². The van der Waals surface area contributed by atoms with E-state index >= 15 is 0 Å². The van der Waals surface area contributed by atoms with E-state index in [4.69, 9.17) is 4.74 Å². The highest BCUT2D eigenvalue weighted by Crippen LogP contribution is 2.08. The van der Waals surface area contributed by atoms with Crippen molar-refractivity contribution in [1.82, 2.24) is 0 Å². The first kappa shape index (κ1) is 23.1. The summed E-state index contributed by atoms with van der Waals surface area (Å²) in [4.78, 5) is 11.7. The van der Waals surface area contributed by atoms with Crippen LogP contribution in [0.15, 0.2) is 54.6 Å². The van der Waals surface area contributed by atoms with Crippen LogP contribution in [0.3, 0.4) is 0 Å². The molecule has 2 aromatic carbocycles. The summed E-state index contributed by atoms with van der Waals surface area (Å²) >= 11 is 0. The largest absolute Gasteiger partial charge is 0.462 e. The first-order chi connectivity index (χ1) is 14.6. The molecule has 0 saturated carbocycles. The summed E-state index contributed by atoms with van der Waals surface area (Å²) < 4.78 is 5.21. The van der Waals surface area contributed by atoms with Crippen LogP contribution < -0.4 is 0 Å². The van der Waals surface area contributed by atoms with E-state index in [0.29, 0.717) is 12.5 Å². The van der Waals surface area contributed by atoms with Crippen molar-refractivity contribution in [1.29, 1.82) is 0 Å². The third-order valence-electron chi connectivity index (χ3n) is 4.65. The second-order valence-corrected chi connectivity index (χ2v) is 7.33. The number of hydrogen-bond acceptors (Lipinski definition) is 2. The van der Waals surface area contributed by atoms with E-state index in [2.05, 4.69) is 44.5 Å². The lowest BCUT2D eigenvalue weighted by atomic mass is 10.1. The van der Waals surface area contributed by atoms with Crippen LogP contribution in [0, 0.1) is 29.6 Å². The van der Waals surface area contributed by atoms with Gasteiger partial charge < -0.3 is 4.74 Å². The topological polar surface area (TPSA) is 26.3 Å². The first-order valence-electron chi connectivity index (χ1n) is 10.7. The maximum atomic E-state index is 11.7. The van der Waals surface area contributed by atoms with E-state index in [1.165, 1.54) is 12.5 Å². The zero-order valence-corrected chi connectivity index (χ0v) is 18.2. The van der Waals surface area contributed by atoms with Gasteiger partial charge in [0.2, 0.25) is 0 Å². The number of unbranched alkanes of at least 4 members (excludes halogenated alkanes) is 2. The summed E-state index contributed by atoms with van der Waals surface area (Å²) in [6.45, 7) is 6.78. The Balaban J connectivity index is 1.90. The normalized spacial score (nSPS) is 11.2. The lowest BCUT2D eigenvalue weighted by Crippen LogP contribution is -2.08. The minimum Gasteiger partial charge on any atom is -0.462 e. The van der Waals surface area contributed by atoms with Crippen LogP contribution in [0.4, 0.5) is 0 Å². The van der Waals surface area contributed by atoms with Gasteiger partial charge in [-0.05, 0) is 60.4 Å². The summed E-state index contributed by atoms with van der Waals surface area (Å²) in [5.74, 6) is 12.8. The minimum atomic E-state index is -0.308. The summed E-state index contributed by atoms with van der Waals surface area (Å²) in [5.41, 5.74) is 3.85. The van der Waals surface area contributed by atoms with Crippen molar-refractivity contribution < 1.29 is 9.53 Å². The molecule has 0 aliphatic carbocycles. The number of ether oxygens (including phenoxy) is 1. The first-order valence-corrected chi connectivity index (χ1v) is 10.7. The van der Waals surface area contributed by atoms with Gasteiger partial charge in [0.15, 0.2) is 0 Å². The average Bonchev–Trinajstić information content (AvgIpc) is 2.79. The van der Waals surface area contributed by atoms with Crippen molar-refractivity contribution in [2.75, 3.05) is 6.61 Å². The molecule has 2 nitrogen and oxygen atoms in total. The van der Waals surface area contributed by atoms with Gasteiger partial charge in [-0.3, -0.25) is 0 Å². The lowest BCUT2D eigenvalue weighted by Gasteiger charge is -2.07. The second-order valence-electron chi connectivity index (χ2n) is 7.33. The molecule has 30 heavy (non-hydrogen) atoms. The molecule has 0 fully saturated rings. The third kappa shape index (κ3) is 8.85. The fourth-order valence-electron chi connectivity index (χ4n) is 2.44. The van der Waals surface area contributed by atoms with E-state index in [0.717, 1.165) is 41.5 Å². The van der Waals surface area contributed by atoms with Gasteiger partial charge in [-0.2, -0.15) is 0 Å². The van der Waals surface area contributed by atoms with Gasteiger partial charge in [0.05, 0.1) is 6.61 Å². The number of hydrogen-bond donors (Lipinski definition) is 0.